The summed E-state index contributed by atoms with van der Waals surface area (Å²) in [4.78, 5) is 23.9. The Kier molecular flexibility index (Phi) is 7.67. The van der Waals surface area contributed by atoms with Crippen LogP contribution >= 0.6 is 0 Å². The zero-order valence-electron chi connectivity index (χ0n) is 15.0. The van der Waals surface area contributed by atoms with E-state index in [1.807, 2.05) is 0 Å². The molecule has 0 heterocycles. The zero-order chi connectivity index (χ0) is 20.5. The molecule has 28 heavy (non-hydrogen) atoms. The van der Waals surface area contributed by atoms with E-state index in [0.29, 0.717) is 13.0 Å². The van der Waals surface area contributed by atoms with Crippen LogP contribution in [-0.2, 0) is 11.2 Å². The maximum absolute atomic E-state index is 12.8. The number of rotatable bonds is 9. The molecular weight excluding hydrogens is 377 g/mol. The number of methoxy groups -OCH3 is 1. The Bertz CT molecular complexity index is 813. The Hall–Kier alpha value is -3.23. The molecule has 6 nitrogen and oxygen atoms in total. The lowest BCUT2D eigenvalue weighted by Gasteiger charge is -2.11. The fourth-order valence-electron chi connectivity index (χ4n) is 2.32. The second-order valence-electron chi connectivity index (χ2n) is 5.65. The van der Waals surface area contributed by atoms with Crippen LogP contribution in [-0.4, -0.2) is 38.6 Å². The molecule has 0 bridgehead atoms. The van der Waals surface area contributed by atoms with Crippen LogP contribution in [0.3, 0.4) is 0 Å². The van der Waals surface area contributed by atoms with Crippen molar-refractivity contribution >= 4 is 11.8 Å². The van der Waals surface area contributed by atoms with Crippen molar-refractivity contribution in [3.05, 3.63) is 59.4 Å². The average Bonchev–Trinajstić information content (AvgIpc) is 2.67. The summed E-state index contributed by atoms with van der Waals surface area (Å²) < 4.78 is 46.7. The van der Waals surface area contributed by atoms with Crippen LogP contribution in [0.1, 0.15) is 15.9 Å². The van der Waals surface area contributed by atoms with E-state index in [-0.39, 0.29) is 29.4 Å². The number of carbonyl (C=O) groups excluding carboxylic acids is 2. The van der Waals surface area contributed by atoms with Crippen LogP contribution in [0.25, 0.3) is 0 Å². The standard InChI is InChI=1S/C19H19F3N2O4/c1-27-16-10-13(4-7-15(16)28-19(21)22)18(26)24-11-17(25)23-9-8-12-2-5-14(20)6-3-12/h2-7,10,19H,8-9,11H2,1H3,(H,23,25)(H,24,26). The highest BCUT2D eigenvalue weighted by Crippen LogP contribution is 2.29. The number of alkyl halides is 2. The third-order valence-corrected chi connectivity index (χ3v) is 3.70. The highest BCUT2D eigenvalue weighted by atomic mass is 19.3. The van der Waals surface area contributed by atoms with E-state index in [0.717, 1.165) is 5.56 Å². The molecule has 2 amide bonds. The van der Waals surface area contributed by atoms with Crippen LogP contribution in [0.15, 0.2) is 42.5 Å². The first-order valence-electron chi connectivity index (χ1n) is 8.31. The minimum absolute atomic E-state index is 0.0308. The second-order valence-corrected chi connectivity index (χ2v) is 5.65. The van der Waals surface area contributed by atoms with Gasteiger partial charge < -0.3 is 20.1 Å². The molecular formula is C19H19F3N2O4. The highest BCUT2D eigenvalue weighted by molar-refractivity contribution is 5.97. The van der Waals surface area contributed by atoms with Crippen molar-refractivity contribution in [2.75, 3.05) is 20.2 Å². The third kappa shape index (κ3) is 6.49. The normalized spacial score (nSPS) is 10.5. The summed E-state index contributed by atoms with van der Waals surface area (Å²) in [5.41, 5.74) is 0.988. The van der Waals surface area contributed by atoms with Gasteiger partial charge in [-0.3, -0.25) is 9.59 Å². The van der Waals surface area contributed by atoms with Gasteiger partial charge in [0.25, 0.3) is 5.91 Å². The van der Waals surface area contributed by atoms with Gasteiger partial charge in [-0.05, 0) is 42.3 Å². The minimum Gasteiger partial charge on any atom is -0.493 e. The molecule has 0 radical (unpaired) electrons. The van der Waals surface area contributed by atoms with Gasteiger partial charge in [-0.25, -0.2) is 4.39 Å². The van der Waals surface area contributed by atoms with Gasteiger partial charge in [-0.2, -0.15) is 8.78 Å². The number of ether oxygens (including phenoxy) is 2. The SMILES string of the molecule is COc1cc(C(=O)NCC(=O)NCCc2ccc(F)cc2)ccc1OC(F)F. The van der Waals surface area contributed by atoms with Crippen molar-refractivity contribution in [1.82, 2.24) is 10.6 Å². The number of hydrogen-bond acceptors (Lipinski definition) is 4. The molecule has 0 saturated heterocycles. The lowest BCUT2D eigenvalue weighted by Crippen LogP contribution is -2.37. The van der Waals surface area contributed by atoms with E-state index in [2.05, 4.69) is 15.4 Å². The molecule has 0 unspecified atom stereocenters. The Morgan fingerprint density at radius 2 is 1.75 bits per heavy atom. The predicted molar refractivity (Wildman–Crippen MR) is 95.1 cm³/mol. The molecule has 9 heteroatoms. The van der Waals surface area contributed by atoms with Crippen molar-refractivity contribution in [3.8, 4) is 11.5 Å². The Balaban J connectivity index is 1.80. The molecule has 0 aromatic heterocycles. The van der Waals surface area contributed by atoms with E-state index in [1.165, 1.54) is 37.4 Å². The fraction of sp³-hybridized carbons (Fsp3) is 0.263. The summed E-state index contributed by atoms with van der Waals surface area (Å²) >= 11 is 0. The van der Waals surface area contributed by atoms with Gasteiger partial charge in [0.1, 0.15) is 5.82 Å². The fourth-order valence-corrected chi connectivity index (χ4v) is 2.32. The quantitative estimate of drug-likeness (QED) is 0.683. The summed E-state index contributed by atoms with van der Waals surface area (Å²) in [6.07, 6.45) is 0.517. The Labute approximate surface area is 159 Å². The molecule has 150 valence electrons. The molecule has 2 N–H and O–H groups in total. The first-order chi connectivity index (χ1) is 13.4. The Morgan fingerprint density at radius 1 is 1.04 bits per heavy atom. The Morgan fingerprint density at radius 3 is 2.39 bits per heavy atom. The van der Waals surface area contributed by atoms with Crippen LogP contribution in [0.2, 0.25) is 0 Å². The number of carbonyl (C=O) groups is 2. The lowest BCUT2D eigenvalue weighted by atomic mass is 10.1. The molecule has 0 aliphatic heterocycles. The van der Waals surface area contributed by atoms with Crippen molar-refractivity contribution in [3.63, 3.8) is 0 Å². The van der Waals surface area contributed by atoms with Crippen molar-refractivity contribution in [1.29, 1.82) is 0 Å². The van der Waals surface area contributed by atoms with Crippen LogP contribution in [0.4, 0.5) is 13.2 Å². The maximum atomic E-state index is 12.8. The minimum atomic E-state index is -3.02. The summed E-state index contributed by atoms with van der Waals surface area (Å²) in [5.74, 6) is -1.54. The summed E-state index contributed by atoms with van der Waals surface area (Å²) in [6.45, 7) is -2.96. The van der Waals surface area contributed by atoms with Crippen LogP contribution in [0.5, 0.6) is 11.5 Å². The van der Waals surface area contributed by atoms with Crippen LogP contribution in [0, 0.1) is 5.82 Å². The molecule has 0 aliphatic rings. The van der Waals surface area contributed by atoms with Crippen molar-refractivity contribution in [2.45, 2.75) is 13.0 Å². The number of amides is 2. The molecule has 0 fully saturated rings. The van der Waals surface area contributed by atoms with Gasteiger partial charge in [0.2, 0.25) is 5.91 Å². The van der Waals surface area contributed by atoms with Gasteiger partial charge in [0.15, 0.2) is 11.5 Å². The highest BCUT2D eigenvalue weighted by Gasteiger charge is 2.14. The molecule has 0 aliphatic carbocycles. The largest absolute Gasteiger partial charge is 0.493 e. The molecule has 2 aromatic rings. The van der Waals surface area contributed by atoms with Crippen molar-refractivity contribution in [2.24, 2.45) is 0 Å². The monoisotopic (exact) mass is 396 g/mol. The predicted octanol–water partition coefficient (Wildman–Crippen LogP) is 2.52. The van der Waals surface area contributed by atoms with E-state index < -0.39 is 18.4 Å². The second kappa shape index (κ2) is 10.2. The molecule has 0 spiro atoms. The lowest BCUT2D eigenvalue weighted by molar-refractivity contribution is -0.120. The maximum Gasteiger partial charge on any atom is 0.387 e. The number of hydrogen-bond donors (Lipinski definition) is 2. The topological polar surface area (TPSA) is 76.7 Å². The number of nitrogens with one attached hydrogen (secondary N) is 2. The number of halogens is 3. The molecule has 0 saturated carbocycles. The van der Waals surface area contributed by atoms with Gasteiger partial charge in [-0.1, -0.05) is 12.1 Å². The third-order valence-electron chi connectivity index (χ3n) is 3.70. The van der Waals surface area contributed by atoms with Gasteiger partial charge in [0.05, 0.1) is 13.7 Å². The van der Waals surface area contributed by atoms with E-state index >= 15 is 0 Å². The first-order valence-corrected chi connectivity index (χ1v) is 8.31. The van der Waals surface area contributed by atoms with E-state index in [9.17, 15) is 22.8 Å². The zero-order valence-corrected chi connectivity index (χ0v) is 15.0. The molecule has 2 rings (SSSR count). The average molecular weight is 396 g/mol. The van der Waals surface area contributed by atoms with E-state index in [1.54, 1.807) is 12.1 Å². The van der Waals surface area contributed by atoms with Gasteiger partial charge >= 0.3 is 6.61 Å². The first kappa shape index (κ1) is 21.1. The molecule has 2 aromatic carbocycles. The molecule has 0 atom stereocenters. The summed E-state index contributed by atoms with van der Waals surface area (Å²) in [5, 5.41) is 5.05. The summed E-state index contributed by atoms with van der Waals surface area (Å²) in [6, 6.07) is 9.62. The number of benzene rings is 2. The smallest absolute Gasteiger partial charge is 0.387 e. The van der Waals surface area contributed by atoms with Gasteiger partial charge in [0, 0.05) is 12.1 Å². The van der Waals surface area contributed by atoms with Gasteiger partial charge in [-0.15, -0.1) is 0 Å². The van der Waals surface area contributed by atoms with Crippen molar-refractivity contribution < 1.29 is 32.2 Å². The van der Waals surface area contributed by atoms with Crippen LogP contribution < -0.4 is 20.1 Å². The van der Waals surface area contributed by atoms with E-state index in [4.69, 9.17) is 4.74 Å². The summed E-state index contributed by atoms with van der Waals surface area (Å²) in [7, 11) is 1.25.